The number of rotatable bonds is 8. The molecule has 2 N–H and O–H groups in total. The molecule has 2 rings (SSSR count). The molecule has 0 saturated carbocycles. The van der Waals surface area contributed by atoms with Gasteiger partial charge in [-0.1, -0.05) is 27.9 Å². The molecule has 2 amide bonds. The molecule has 7 heteroatoms. The smallest absolute Gasteiger partial charge is 0.339 e. The van der Waals surface area contributed by atoms with Crippen LogP contribution in [-0.2, 0) is 6.42 Å². The van der Waals surface area contributed by atoms with Gasteiger partial charge in [0.05, 0.1) is 13.3 Å². The van der Waals surface area contributed by atoms with Crippen LogP contribution in [0.1, 0.15) is 16.7 Å². The second-order valence-corrected chi connectivity index (χ2v) is 6.84. The van der Waals surface area contributed by atoms with Crippen molar-refractivity contribution in [2.24, 2.45) is 5.10 Å². The largest absolute Gasteiger partial charge is 0.493 e. The fourth-order valence-corrected chi connectivity index (χ4v) is 2.79. The van der Waals surface area contributed by atoms with Crippen LogP contribution in [0.3, 0.4) is 0 Å². The van der Waals surface area contributed by atoms with Crippen LogP contribution in [0.4, 0.5) is 10.5 Å². The number of anilines is 1. The summed E-state index contributed by atoms with van der Waals surface area (Å²) in [7, 11) is 1.54. The number of carbonyl (C=O) groups excluding carboxylic acids is 1. The third kappa shape index (κ3) is 6.40. The van der Waals surface area contributed by atoms with Crippen LogP contribution in [0.5, 0.6) is 11.5 Å². The number of amides is 2. The van der Waals surface area contributed by atoms with E-state index >= 15 is 0 Å². The van der Waals surface area contributed by atoms with Crippen molar-refractivity contribution < 1.29 is 14.3 Å². The van der Waals surface area contributed by atoms with Gasteiger partial charge >= 0.3 is 6.03 Å². The predicted octanol–water partition coefficient (Wildman–Crippen LogP) is 4.66. The van der Waals surface area contributed by atoms with E-state index in [1.807, 2.05) is 25.1 Å². The Balaban J connectivity index is 2.11. The molecular formula is C22H22BrN3O3. The second-order valence-electron chi connectivity index (χ2n) is 5.99. The lowest BCUT2D eigenvalue weighted by Gasteiger charge is -2.14. The number of nitrogens with one attached hydrogen (secondary N) is 2. The highest BCUT2D eigenvalue weighted by atomic mass is 79.9. The highest BCUT2D eigenvalue weighted by Gasteiger charge is 2.12. The number of allylic oxidation sites excluding steroid dienone is 1. The average Bonchev–Trinajstić information content (AvgIpc) is 2.70. The SMILES string of the molecule is C#CCOc1c(CC=C)cc(/C=N/NC(=O)Nc2ccc(Br)c(C)c2)cc1OC. The van der Waals surface area contributed by atoms with E-state index < -0.39 is 6.03 Å². The van der Waals surface area contributed by atoms with E-state index in [9.17, 15) is 4.79 Å². The summed E-state index contributed by atoms with van der Waals surface area (Å²) in [6, 6.07) is 8.69. The Hall–Kier alpha value is -3.24. The van der Waals surface area contributed by atoms with Gasteiger partial charge in [0, 0.05) is 15.7 Å². The summed E-state index contributed by atoms with van der Waals surface area (Å²) < 4.78 is 12.0. The third-order valence-corrected chi connectivity index (χ3v) is 4.72. The Morgan fingerprint density at radius 1 is 1.38 bits per heavy atom. The van der Waals surface area contributed by atoms with Gasteiger partial charge in [0.15, 0.2) is 11.5 Å². The number of hydrogen-bond donors (Lipinski definition) is 2. The fraction of sp³-hybridized carbons (Fsp3) is 0.182. The minimum absolute atomic E-state index is 0.130. The summed E-state index contributed by atoms with van der Waals surface area (Å²) >= 11 is 3.42. The Morgan fingerprint density at radius 2 is 2.17 bits per heavy atom. The third-order valence-electron chi connectivity index (χ3n) is 3.83. The van der Waals surface area contributed by atoms with E-state index in [1.165, 1.54) is 6.21 Å². The van der Waals surface area contributed by atoms with Crippen molar-refractivity contribution in [3.63, 3.8) is 0 Å². The minimum atomic E-state index is -0.449. The number of nitrogens with zero attached hydrogens (tertiary/aromatic N) is 1. The Bertz CT molecular complexity index is 965. The van der Waals surface area contributed by atoms with Gasteiger partial charge in [-0.15, -0.1) is 13.0 Å². The van der Waals surface area contributed by atoms with Gasteiger partial charge in [0.2, 0.25) is 0 Å². The van der Waals surface area contributed by atoms with Crippen molar-refractivity contribution in [2.45, 2.75) is 13.3 Å². The summed E-state index contributed by atoms with van der Waals surface area (Å²) in [4.78, 5) is 12.0. The lowest BCUT2D eigenvalue weighted by Crippen LogP contribution is -2.24. The molecule has 0 atom stereocenters. The van der Waals surface area contributed by atoms with Crippen LogP contribution < -0.4 is 20.2 Å². The van der Waals surface area contributed by atoms with E-state index in [-0.39, 0.29) is 6.61 Å². The molecular weight excluding hydrogens is 434 g/mol. The Kier molecular flexibility index (Phi) is 8.31. The maximum absolute atomic E-state index is 12.0. The van der Waals surface area contributed by atoms with Gasteiger partial charge in [-0.3, -0.25) is 0 Å². The first kappa shape index (κ1) is 22.1. The van der Waals surface area contributed by atoms with Crippen LogP contribution in [0.15, 0.2) is 52.6 Å². The molecule has 0 bridgehead atoms. The van der Waals surface area contributed by atoms with Gasteiger partial charge in [-0.25, -0.2) is 10.2 Å². The number of aryl methyl sites for hydroxylation is 1. The van der Waals surface area contributed by atoms with Crippen LogP contribution in [0, 0.1) is 19.3 Å². The first-order valence-corrected chi connectivity index (χ1v) is 9.52. The molecule has 150 valence electrons. The number of methoxy groups -OCH3 is 1. The number of ether oxygens (including phenoxy) is 2. The number of halogens is 1. The molecule has 29 heavy (non-hydrogen) atoms. The van der Waals surface area contributed by atoms with E-state index in [2.05, 4.69) is 44.3 Å². The monoisotopic (exact) mass is 455 g/mol. The fourth-order valence-electron chi connectivity index (χ4n) is 2.54. The van der Waals surface area contributed by atoms with Gasteiger partial charge in [-0.05, 0) is 54.8 Å². The number of hydrogen-bond acceptors (Lipinski definition) is 4. The summed E-state index contributed by atoms with van der Waals surface area (Å²) in [6.45, 7) is 5.83. The van der Waals surface area contributed by atoms with Crippen molar-refractivity contribution in [1.29, 1.82) is 0 Å². The van der Waals surface area contributed by atoms with Gasteiger partial charge in [0.1, 0.15) is 6.61 Å². The van der Waals surface area contributed by atoms with Crippen molar-refractivity contribution >= 4 is 33.9 Å². The first-order chi connectivity index (χ1) is 14.0. The number of carbonyl (C=O) groups is 1. The predicted molar refractivity (Wildman–Crippen MR) is 120 cm³/mol. The molecule has 0 radical (unpaired) electrons. The summed E-state index contributed by atoms with van der Waals surface area (Å²) in [5.74, 6) is 3.53. The molecule has 0 aliphatic carbocycles. The van der Waals surface area contributed by atoms with Crippen LogP contribution in [-0.4, -0.2) is 26.0 Å². The summed E-state index contributed by atoms with van der Waals surface area (Å²) in [5.41, 5.74) is 5.71. The van der Waals surface area contributed by atoms with Crippen molar-refractivity contribution in [3.8, 4) is 23.8 Å². The topological polar surface area (TPSA) is 72.0 Å². The molecule has 0 heterocycles. The molecule has 0 aliphatic rings. The number of hydrazone groups is 1. The van der Waals surface area contributed by atoms with Crippen molar-refractivity contribution in [1.82, 2.24) is 5.43 Å². The van der Waals surface area contributed by atoms with Gasteiger partial charge in [0.25, 0.3) is 0 Å². The van der Waals surface area contributed by atoms with Crippen LogP contribution in [0.2, 0.25) is 0 Å². The zero-order chi connectivity index (χ0) is 21.2. The first-order valence-electron chi connectivity index (χ1n) is 8.72. The lowest BCUT2D eigenvalue weighted by molar-refractivity contribution is 0.252. The normalized spacial score (nSPS) is 10.3. The van der Waals surface area contributed by atoms with Crippen molar-refractivity contribution in [3.05, 3.63) is 64.1 Å². The molecule has 0 spiro atoms. The van der Waals surface area contributed by atoms with E-state index in [4.69, 9.17) is 15.9 Å². The van der Waals surface area contributed by atoms with E-state index in [1.54, 1.807) is 25.3 Å². The molecule has 0 saturated heterocycles. The molecule has 0 aliphatic heterocycles. The molecule has 2 aromatic rings. The minimum Gasteiger partial charge on any atom is -0.493 e. The second kappa shape index (κ2) is 10.9. The zero-order valence-electron chi connectivity index (χ0n) is 16.3. The number of benzene rings is 2. The molecule has 2 aromatic carbocycles. The van der Waals surface area contributed by atoms with Crippen LogP contribution >= 0.6 is 15.9 Å². The summed E-state index contributed by atoms with van der Waals surface area (Å²) in [5, 5.41) is 6.72. The van der Waals surface area contributed by atoms with E-state index in [0.717, 1.165) is 21.2 Å². The quantitative estimate of drug-likeness (QED) is 0.263. The average molecular weight is 456 g/mol. The van der Waals surface area contributed by atoms with E-state index in [0.29, 0.717) is 23.6 Å². The highest BCUT2D eigenvalue weighted by Crippen LogP contribution is 2.33. The lowest BCUT2D eigenvalue weighted by atomic mass is 10.1. The maximum atomic E-state index is 12.0. The molecule has 0 fully saturated rings. The van der Waals surface area contributed by atoms with Crippen molar-refractivity contribution in [2.75, 3.05) is 19.0 Å². The summed E-state index contributed by atoms with van der Waals surface area (Å²) in [6.07, 6.45) is 9.12. The molecule has 0 unspecified atom stereocenters. The highest BCUT2D eigenvalue weighted by molar-refractivity contribution is 9.10. The maximum Gasteiger partial charge on any atom is 0.339 e. The Labute approximate surface area is 179 Å². The molecule has 0 aromatic heterocycles. The standard InChI is InChI=1S/C22H22BrN3O3/c1-5-7-17-12-16(13-20(28-4)21(17)29-10-6-2)14-24-26-22(27)25-18-8-9-19(23)15(3)11-18/h2,5,8-9,11-14H,1,7,10H2,3-4H3,(H2,25,26,27)/b24-14+. The molecule has 6 nitrogen and oxygen atoms in total. The van der Waals surface area contributed by atoms with Gasteiger partial charge in [-0.2, -0.15) is 5.10 Å². The number of urea groups is 1. The number of terminal acetylenes is 1. The Morgan fingerprint density at radius 3 is 2.83 bits per heavy atom. The zero-order valence-corrected chi connectivity index (χ0v) is 17.9. The van der Waals surface area contributed by atoms with Gasteiger partial charge < -0.3 is 14.8 Å². The van der Waals surface area contributed by atoms with Crippen LogP contribution in [0.25, 0.3) is 0 Å².